The smallest absolute Gasteiger partial charge is 0.161 e. The summed E-state index contributed by atoms with van der Waals surface area (Å²) in [5, 5.41) is 10.5. The molecule has 0 N–H and O–H groups in total. The molecule has 6 heteroatoms. The number of carbonyl (C=O) groups is 3. The number of aliphatic imine (C=N–C) groups is 1. The number of carboxylic acid groups (broad SMARTS) is 1. The van der Waals surface area contributed by atoms with Crippen LogP contribution in [0.2, 0.25) is 0 Å². The summed E-state index contributed by atoms with van der Waals surface area (Å²) >= 11 is 0. The Morgan fingerprint density at radius 3 is 2.52 bits per heavy atom. The summed E-state index contributed by atoms with van der Waals surface area (Å²) in [6, 6.07) is 6.97. The maximum Gasteiger partial charge on any atom is 0.161 e. The fraction of sp³-hybridized carbons (Fsp3) is 0.429. The van der Waals surface area contributed by atoms with Gasteiger partial charge in [-0.25, -0.2) is 0 Å². The van der Waals surface area contributed by atoms with Gasteiger partial charge in [0.1, 0.15) is 18.1 Å². The van der Waals surface area contributed by atoms with Crippen molar-refractivity contribution < 1.29 is 24.2 Å². The number of nitrogens with zero attached hydrogens (tertiary/aromatic N) is 1. The highest BCUT2D eigenvalue weighted by Gasteiger charge is 2.44. The van der Waals surface area contributed by atoms with Crippen molar-refractivity contribution in [3.8, 4) is 5.75 Å². The van der Waals surface area contributed by atoms with Crippen molar-refractivity contribution >= 4 is 23.2 Å². The molecule has 4 rings (SSSR count). The van der Waals surface area contributed by atoms with Gasteiger partial charge in [-0.15, -0.1) is 0 Å². The van der Waals surface area contributed by atoms with Gasteiger partial charge < -0.3 is 14.6 Å². The number of allylic oxidation sites excluding steroid dienone is 2. The summed E-state index contributed by atoms with van der Waals surface area (Å²) in [5.74, 6) is -1.32. The van der Waals surface area contributed by atoms with E-state index < -0.39 is 12.6 Å². The van der Waals surface area contributed by atoms with Gasteiger partial charge in [0.15, 0.2) is 5.78 Å². The van der Waals surface area contributed by atoms with Gasteiger partial charge in [0.05, 0.1) is 11.9 Å². The first-order valence-electron chi connectivity index (χ1n) is 9.33. The number of ether oxygens (including phenoxy) is 1. The van der Waals surface area contributed by atoms with Crippen molar-refractivity contribution in [2.45, 2.75) is 44.4 Å². The molecule has 0 bridgehead atoms. The van der Waals surface area contributed by atoms with E-state index >= 15 is 0 Å². The lowest BCUT2D eigenvalue weighted by Gasteiger charge is -2.37. The maximum atomic E-state index is 12.7. The summed E-state index contributed by atoms with van der Waals surface area (Å²) in [6.07, 6.45) is 4.19. The first kappa shape index (κ1) is 17.6. The van der Waals surface area contributed by atoms with Crippen molar-refractivity contribution in [3.63, 3.8) is 0 Å². The third-order valence-corrected chi connectivity index (χ3v) is 5.51. The van der Waals surface area contributed by atoms with Crippen LogP contribution in [0.4, 0.5) is 0 Å². The number of benzene rings is 1. The third kappa shape index (κ3) is 3.31. The number of carbonyl (C=O) groups excluding carboxylic acids is 3. The average molecular weight is 366 g/mol. The molecule has 1 heterocycles. The van der Waals surface area contributed by atoms with Gasteiger partial charge in [-0.3, -0.25) is 14.6 Å². The van der Waals surface area contributed by atoms with E-state index in [-0.39, 0.29) is 23.4 Å². The minimum absolute atomic E-state index is 0.0831. The monoisotopic (exact) mass is 366 g/mol. The Labute approximate surface area is 156 Å². The van der Waals surface area contributed by atoms with Crippen LogP contribution in [-0.2, 0) is 14.4 Å². The van der Waals surface area contributed by atoms with Gasteiger partial charge in [-0.1, -0.05) is 12.1 Å². The van der Waals surface area contributed by atoms with Crippen LogP contribution >= 0.6 is 0 Å². The fourth-order valence-electron chi connectivity index (χ4n) is 4.37. The molecule has 3 aliphatic rings. The molecular formula is C21H20NO5-. The zero-order chi connectivity index (χ0) is 19.0. The van der Waals surface area contributed by atoms with E-state index in [0.717, 1.165) is 42.7 Å². The Kier molecular flexibility index (Phi) is 4.64. The Hall–Kier alpha value is -2.76. The molecule has 2 aliphatic carbocycles. The normalized spacial score (nSPS) is 24.8. The molecule has 0 aromatic heterocycles. The summed E-state index contributed by atoms with van der Waals surface area (Å²) in [4.78, 5) is 40.7. The lowest BCUT2D eigenvalue weighted by molar-refractivity contribution is -0.307. The van der Waals surface area contributed by atoms with Gasteiger partial charge in [0.2, 0.25) is 0 Å². The predicted molar refractivity (Wildman–Crippen MR) is 95.4 cm³/mol. The lowest BCUT2D eigenvalue weighted by Crippen LogP contribution is -2.39. The fourth-order valence-corrected chi connectivity index (χ4v) is 4.37. The number of ketones is 2. The van der Waals surface area contributed by atoms with E-state index in [0.29, 0.717) is 24.2 Å². The van der Waals surface area contributed by atoms with E-state index in [4.69, 9.17) is 9.73 Å². The molecule has 2 atom stereocenters. The van der Waals surface area contributed by atoms with Crippen LogP contribution < -0.4 is 9.84 Å². The maximum absolute atomic E-state index is 12.7. The minimum atomic E-state index is -1.29. The largest absolute Gasteiger partial charge is 0.546 e. The molecule has 6 nitrogen and oxygen atoms in total. The SMILES string of the molecule is O=C([O-])COc1ccc([C@H]2C3=C(CCCC3=O)N=C3CCCC(=O)C32)cc1. The van der Waals surface area contributed by atoms with E-state index in [1.807, 2.05) is 12.1 Å². The summed E-state index contributed by atoms with van der Waals surface area (Å²) < 4.78 is 5.13. The molecule has 1 aromatic rings. The second kappa shape index (κ2) is 7.10. The zero-order valence-electron chi connectivity index (χ0n) is 14.9. The molecule has 0 amide bonds. The summed E-state index contributed by atoms with van der Waals surface area (Å²) in [5.41, 5.74) is 3.30. The molecule has 27 heavy (non-hydrogen) atoms. The van der Waals surface area contributed by atoms with Crippen molar-refractivity contribution in [2.24, 2.45) is 10.9 Å². The van der Waals surface area contributed by atoms with E-state index in [9.17, 15) is 19.5 Å². The van der Waals surface area contributed by atoms with Gasteiger partial charge in [-0.2, -0.15) is 0 Å². The molecule has 1 saturated carbocycles. The first-order valence-corrected chi connectivity index (χ1v) is 9.33. The lowest BCUT2D eigenvalue weighted by atomic mass is 9.67. The van der Waals surface area contributed by atoms with Crippen molar-refractivity contribution in [1.29, 1.82) is 0 Å². The third-order valence-electron chi connectivity index (χ3n) is 5.51. The van der Waals surface area contributed by atoms with Gasteiger partial charge in [-0.05, 0) is 43.4 Å². The van der Waals surface area contributed by atoms with E-state index in [1.54, 1.807) is 12.1 Å². The summed E-state index contributed by atoms with van der Waals surface area (Å²) in [7, 11) is 0. The first-order chi connectivity index (χ1) is 13.0. The number of rotatable bonds is 4. The molecular weight excluding hydrogens is 346 g/mol. The van der Waals surface area contributed by atoms with Crippen LogP contribution in [0.25, 0.3) is 0 Å². The van der Waals surface area contributed by atoms with Gasteiger partial charge >= 0.3 is 0 Å². The molecule has 1 aromatic carbocycles. The van der Waals surface area contributed by atoms with Crippen LogP contribution in [0.1, 0.15) is 50.0 Å². The quantitative estimate of drug-likeness (QED) is 0.809. The highest BCUT2D eigenvalue weighted by molar-refractivity contribution is 6.12. The number of fused-ring (bicyclic) bond motifs is 1. The standard InChI is InChI=1S/C21H21NO5/c23-16-5-1-3-14-20(16)19(21-15(22-14)4-2-6-17(21)24)12-7-9-13(10-8-12)27-11-18(25)26/h7-10,19-20H,1-6,11H2,(H,25,26)/p-1/t19-,20?/m1/s1. The molecule has 140 valence electrons. The Bertz CT molecular complexity index is 865. The van der Waals surface area contributed by atoms with Crippen LogP contribution in [-0.4, -0.2) is 29.9 Å². The zero-order valence-corrected chi connectivity index (χ0v) is 14.9. The molecule has 1 fully saturated rings. The van der Waals surface area contributed by atoms with E-state index in [1.165, 1.54) is 0 Å². The molecule has 1 unspecified atom stereocenters. The second-order valence-electron chi connectivity index (χ2n) is 7.25. The van der Waals surface area contributed by atoms with Crippen molar-refractivity contribution in [1.82, 2.24) is 0 Å². The Morgan fingerprint density at radius 2 is 1.78 bits per heavy atom. The van der Waals surface area contributed by atoms with Crippen molar-refractivity contribution in [2.75, 3.05) is 6.61 Å². The Balaban J connectivity index is 1.72. The van der Waals surface area contributed by atoms with Crippen molar-refractivity contribution in [3.05, 3.63) is 41.1 Å². The topological polar surface area (TPSA) is 95.9 Å². The highest BCUT2D eigenvalue weighted by atomic mass is 16.5. The van der Waals surface area contributed by atoms with Gasteiger partial charge in [0, 0.05) is 35.7 Å². The number of aliphatic carboxylic acids is 1. The summed E-state index contributed by atoms with van der Waals surface area (Å²) in [6.45, 7) is -0.519. The molecule has 0 radical (unpaired) electrons. The number of carboxylic acids is 1. The molecule has 1 aliphatic heterocycles. The molecule has 0 saturated heterocycles. The van der Waals surface area contributed by atoms with Crippen LogP contribution in [0.15, 0.2) is 40.5 Å². The van der Waals surface area contributed by atoms with E-state index in [2.05, 4.69) is 0 Å². The highest BCUT2D eigenvalue weighted by Crippen LogP contribution is 2.46. The number of hydrogen-bond acceptors (Lipinski definition) is 6. The minimum Gasteiger partial charge on any atom is -0.546 e. The van der Waals surface area contributed by atoms with Crippen LogP contribution in [0, 0.1) is 5.92 Å². The molecule has 0 spiro atoms. The van der Waals surface area contributed by atoms with Crippen LogP contribution in [0.5, 0.6) is 5.75 Å². The predicted octanol–water partition coefficient (Wildman–Crippen LogP) is 1.73. The Morgan fingerprint density at radius 1 is 1.04 bits per heavy atom. The second-order valence-corrected chi connectivity index (χ2v) is 7.25. The number of hydrogen-bond donors (Lipinski definition) is 0. The number of Topliss-reactive ketones (excluding diaryl/α,β-unsaturated/α-hetero) is 2. The average Bonchev–Trinajstić information content (AvgIpc) is 2.66. The van der Waals surface area contributed by atoms with Gasteiger partial charge in [0.25, 0.3) is 0 Å². The van der Waals surface area contributed by atoms with Crippen LogP contribution in [0.3, 0.4) is 0 Å².